The molecule has 2 aromatic heterocycles. The van der Waals surface area contributed by atoms with Crippen molar-refractivity contribution in [2.45, 2.75) is 13.5 Å². The Labute approximate surface area is 87.4 Å². The summed E-state index contributed by atoms with van der Waals surface area (Å²) in [6.45, 7) is 3.43. The molecule has 0 fully saturated rings. The molecule has 0 saturated heterocycles. The van der Waals surface area contributed by atoms with Gasteiger partial charge in [-0.25, -0.2) is 4.98 Å². The van der Waals surface area contributed by atoms with Gasteiger partial charge < -0.3 is 5.32 Å². The van der Waals surface area contributed by atoms with E-state index in [1.807, 2.05) is 13.1 Å². The van der Waals surface area contributed by atoms with Crippen molar-refractivity contribution in [2.75, 3.05) is 11.9 Å². The molecule has 0 spiro atoms. The predicted octanol–water partition coefficient (Wildman–Crippen LogP) is 0.489. The van der Waals surface area contributed by atoms with Gasteiger partial charge in [0.05, 0.1) is 18.4 Å². The second kappa shape index (κ2) is 4.50. The normalized spacial score (nSPS) is 10.2. The van der Waals surface area contributed by atoms with Crippen LogP contribution in [0.3, 0.4) is 0 Å². The molecule has 0 saturated carbocycles. The number of rotatable bonds is 4. The van der Waals surface area contributed by atoms with Crippen LogP contribution >= 0.6 is 0 Å². The first-order valence-electron chi connectivity index (χ1n) is 4.72. The standard InChI is InChI=1S/C9H12N6/c1-8-9(11-3-2-10-8)12-4-6-15-7-5-13-14-15/h2-3,5,7H,4,6H2,1H3,(H,11,12). The fourth-order valence-electron chi connectivity index (χ4n) is 1.22. The van der Waals surface area contributed by atoms with E-state index in [0.29, 0.717) is 0 Å². The highest BCUT2D eigenvalue weighted by molar-refractivity contribution is 5.37. The van der Waals surface area contributed by atoms with Crippen molar-refractivity contribution in [1.29, 1.82) is 0 Å². The van der Waals surface area contributed by atoms with Crippen LogP contribution in [-0.2, 0) is 6.54 Å². The number of aryl methyl sites for hydroxylation is 1. The van der Waals surface area contributed by atoms with Crippen LogP contribution < -0.4 is 5.32 Å². The molecule has 0 aliphatic rings. The van der Waals surface area contributed by atoms with Crippen molar-refractivity contribution in [1.82, 2.24) is 25.0 Å². The molecule has 0 unspecified atom stereocenters. The molecule has 0 aliphatic carbocycles. The lowest BCUT2D eigenvalue weighted by Crippen LogP contribution is -2.12. The van der Waals surface area contributed by atoms with E-state index in [0.717, 1.165) is 24.6 Å². The lowest BCUT2D eigenvalue weighted by atomic mass is 10.4. The Morgan fingerprint density at radius 3 is 2.87 bits per heavy atom. The number of nitrogens with zero attached hydrogens (tertiary/aromatic N) is 5. The van der Waals surface area contributed by atoms with E-state index in [4.69, 9.17) is 0 Å². The zero-order valence-corrected chi connectivity index (χ0v) is 8.46. The first kappa shape index (κ1) is 9.57. The van der Waals surface area contributed by atoms with Gasteiger partial charge in [-0.2, -0.15) is 0 Å². The van der Waals surface area contributed by atoms with Crippen LogP contribution in [0.2, 0.25) is 0 Å². The van der Waals surface area contributed by atoms with Gasteiger partial charge in [0.25, 0.3) is 0 Å². The summed E-state index contributed by atoms with van der Waals surface area (Å²) in [6.07, 6.45) is 6.83. The number of hydrogen-bond acceptors (Lipinski definition) is 5. The number of aromatic nitrogens is 5. The van der Waals surface area contributed by atoms with E-state index in [1.54, 1.807) is 23.3 Å². The van der Waals surface area contributed by atoms with Crippen LogP contribution in [0.5, 0.6) is 0 Å². The zero-order chi connectivity index (χ0) is 10.5. The third-order valence-electron chi connectivity index (χ3n) is 1.99. The topological polar surface area (TPSA) is 68.5 Å². The molecule has 2 rings (SSSR count). The Balaban J connectivity index is 1.86. The Morgan fingerprint density at radius 2 is 2.13 bits per heavy atom. The third-order valence-corrected chi connectivity index (χ3v) is 1.99. The SMILES string of the molecule is Cc1nccnc1NCCn1ccnn1. The highest BCUT2D eigenvalue weighted by Gasteiger charge is 1.98. The minimum atomic E-state index is 0.753. The van der Waals surface area contributed by atoms with E-state index < -0.39 is 0 Å². The monoisotopic (exact) mass is 204 g/mol. The van der Waals surface area contributed by atoms with Crippen molar-refractivity contribution >= 4 is 5.82 Å². The third kappa shape index (κ3) is 2.49. The molecule has 6 heteroatoms. The molecule has 6 nitrogen and oxygen atoms in total. The molecule has 0 radical (unpaired) electrons. The average Bonchev–Trinajstić information content (AvgIpc) is 2.74. The van der Waals surface area contributed by atoms with Gasteiger partial charge in [-0.3, -0.25) is 9.67 Å². The van der Waals surface area contributed by atoms with Crippen molar-refractivity contribution in [3.63, 3.8) is 0 Å². The molecule has 78 valence electrons. The minimum Gasteiger partial charge on any atom is -0.367 e. The van der Waals surface area contributed by atoms with E-state index in [2.05, 4.69) is 25.6 Å². The second-order valence-electron chi connectivity index (χ2n) is 3.08. The summed E-state index contributed by atoms with van der Waals surface area (Å²) in [7, 11) is 0. The van der Waals surface area contributed by atoms with E-state index in [1.165, 1.54) is 0 Å². The summed E-state index contributed by atoms with van der Waals surface area (Å²) in [6, 6.07) is 0. The fraction of sp³-hybridized carbons (Fsp3) is 0.333. The van der Waals surface area contributed by atoms with Crippen LogP contribution in [0.15, 0.2) is 24.8 Å². The van der Waals surface area contributed by atoms with Crippen molar-refractivity contribution in [3.8, 4) is 0 Å². The van der Waals surface area contributed by atoms with Crippen molar-refractivity contribution < 1.29 is 0 Å². The average molecular weight is 204 g/mol. The number of hydrogen-bond donors (Lipinski definition) is 1. The van der Waals surface area contributed by atoms with Gasteiger partial charge in [0.1, 0.15) is 5.82 Å². The lowest BCUT2D eigenvalue weighted by Gasteiger charge is -2.06. The zero-order valence-electron chi connectivity index (χ0n) is 8.46. The smallest absolute Gasteiger partial charge is 0.147 e. The van der Waals surface area contributed by atoms with E-state index in [9.17, 15) is 0 Å². The maximum atomic E-state index is 4.18. The van der Waals surface area contributed by atoms with Gasteiger partial charge >= 0.3 is 0 Å². The summed E-state index contributed by atoms with van der Waals surface area (Å²) < 4.78 is 1.76. The Kier molecular flexibility index (Phi) is 2.87. The Bertz CT molecular complexity index is 410. The van der Waals surface area contributed by atoms with Gasteiger partial charge in [0.15, 0.2) is 0 Å². The second-order valence-corrected chi connectivity index (χ2v) is 3.08. The van der Waals surface area contributed by atoms with Gasteiger partial charge in [-0.1, -0.05) is 5.21 Å². The molecular formula is C9H12N6. The highest BCUT2D eigenvalue weighted by Crippen LogP contribution is 2.04. The Morgan fingerprint density at radius 1 is 1.27 bits per heavy atom. The van der Waals surface area contributed by atoms with Crippen molar-refractivity contribution in [2.24, 2.45) is 0 Å². The molecule has 2 heterocycles. The van der Waals surface area contributed by atoms with Crippen LogP contribution in [0.1, 0.15) is 5.69 Å². The maximum absolute atomic E-state index is 4.18. The molecule has 2 aromatic rings. The molecule has 15 heavy (non-hydrogen) atoms. The van der Waals surface area contributed by atoms with E-state index in [-0.39, 0.29) is 0 Å². The maximum Gasteiger partial charge on any atom is 0.147 e. The van der Waals surface area contributed by atoms with Crippen LogP contribution in [0.25, 0.3) is 0 Å². The first-order chi connectivity index (χ1) is 7.36. The van der Waals surface area contributed by atoms with Gasteiger partial charge in [0.2, 0.25) is 0 Å². The van der Waals surface area contributed by atoms with Crippen molar-refractivity contribution in [3.05, 3.63) is 30.5 Å². The van der Waals surface area contributed by atoms with Gasteiger partial charge in [-0.05, 0) is 6.92 Å². The first-order valence-corrected chi connectivity index (χ1v) is 4.72. The molecule has 0 aromatic carbocycles. The van der Waals surface area contributed by atoms with Crippen LogP contribution in [0, 0.1) is 6.92 Å². The Hall–Kier alpha value is -1.98. The highest BCUT2D eigenvalue weighted by atomic mass is 15.4. The lowest BCUT2D eigenvalue weighted by molar-refractivity contribution is 0.608. The largest absolute Gasteiger partial charge is 0.367 e. The van der Waals surface area contributed by atoms with Gasteiger partial charge in [-0.15, -0.1) is 5.10 Å². The summed E-state index contributed by atoms with van der Waals surface area (Å²) in [5, 5.41) is 10.8. The van der Waals surface area contributed by atoms with E-state index >= 15 is 0 Å². The minimum absolute atomic E-state index is 0.753. The molecule has 0 bridgehead atoms. The predicted molar refractivity (Wildman–Crippen MR) is 55.3 cm³/mol. The van der Waals surface area contributed by atoms with Gasteiger partial charge in [0, 0.05) is 25.1 Å². The summed E-state index contributed by atoms with van der Waals surface area (Å²) >= 11 is 0. The van der Waals surface area contributed by atoms with Crippen LogP contribution in [0.4, 0.5) is 5.82 Å². The quantitative estimate of drug-likeness (QED) is 0.784. The molecule has 1 N–H and O–H groups in total. The molecule has 0 amide bonds. The summed E-state index contributed by atoms with van der Waals surface area (Å²) in [5.74, 6) is 0.817. The number of nitrogens with one attached hydrogen (secondary N) is 1. The molecule has 0 aliphatic heterocycles. The molecular weight excluding hydrogens is 192 g/mol. The number of anilines is 1. The summed E-state index contributed by atoms with van der Waals surface area (Å²) in [4.78, 5) is 8.31. The van der Waals surface area contributed by atoms with Crippen LogP contribution in [-0.4, -0.2) is 31.5 Å². The molecule has 0 atom stereocenters. The summed E-state index contributed by atoms with van der Waals surface area (Å²) in [5.41, 5.74) is 0.899. The fourth-order valence-corrected chi connectivity index (χ4v) is 1.22.